The highest BCUT2D eigenvalue weighted by Gasteiger charge is 2.32. The number of carbonyl (C=O) groups excluding carboxylic acids is 1. The van der Waals surface area contributed by atoms with Crippen LogP contribution in [0.3, 0.4) is 0 Å². The Bertz CT molecular complexity index is 594. The maximum atomic E-state index is 11.3. The summed E-state index contributed by atoms with van der Waals surface area (Å²) in [7, 11) is 0. The van der Waals surface area contributed by atoms with E-state index in [0.717, 1.165) is 12.8 Å². The SMILES string of the molecule is N#Cc1ccc(N[C@H]2CCC[C@@H]2C(N)=O)c([N+](=O)[O-])c1. The molecule has 0 heterocycles. The molecule has 3 N–H and O–H groups in total. The van der Waals surface area contributed by atoms with E-state index in [1.165, 1.54) is 18.2 Å². The van der Waals surface area contributed by atoms with Crippen LogP contribution in [0.4, 0.5) is 11.4 Å². The van der Waals surface area contributed by atoms with Crippen LogP contribution in [-0.4, -0.2) is 16.9 Å². The molecule has 2 rings (SSSR count). The normalized spacial score (nSPS) is 21.1. The van der Waals surface area contributed by atoms with Gasteiger partial charge in [-0.1, -0.05) is 6.42 Å². The Balaban J connectivity index is 2.27. The van der Waals surface area contributed by atoms with Crippen molar-refractivity contribution in [3.8, 4) is 6.07 Å². The third-order valence-electron chi connectivity index (χ3n) is 3.55. The average Bonchev–Trinajstić information content (AvgIpc) is 2.87. The third kappa shape index (κ3) is 2.69. The topological polar surface area (TPSA) is 122 Å². The van der Waals surface area contributed by atoms with E-state index in [1.807, 2.05) is 6.07 Å². The highest BCUT2D eigenvalue weighted by Crippen LogP contribution is 2.32. The van der Waals surface area contributed by atoms with E-state index in [-0.39, 0.29) is 23.2 Å². The molecular formula is C13H14N4O3. The molecule has 0 radical (unpaired) electrons. The Morgan fingerprint density at radius 1 is 1.50 bits per heavy atom. The fraction of sp³-hybridized carbons (Fsp3) is 0.385. The smallest absolute Gasteiger partial charge is 0.293 e. The van der Waals surface area contributed by atoms with E-state index in [9.17, 15) is 14.9 Å². The van der Waals surface area contributed by atoms with E-state index >= 15 is 0 Å². The fourth-order valence-electron chi connectivity index (χ4n) is 2.55. The average molecular weight is 274 g/mol. The van der Waals surface area contributed by atoms with Gasteiger partial charge in [0.1, 0.15) is 5.69 Å². The van der Waals surface area contributed by atoms with Crippen LogP contribution >= 0.6 is 0 Å². The lowest BCUT2D eigenvalue weighted by atomic mass is 10.0. The van der Waals surface area contributed by atoms with Gasteiger partial charge in [-0.25, -0.2) is 0 Å². The van der Waals surface area contributed by atoms with E-state index in [4.69, 9.17) is 11.0 Å². The van der Waals surface area contributed by atoms with Gasteiger partial charge in [0.2, 0.25) is 5.91 Å². The summed E-state index contributed by atoms with van der Waals surface area (Å²) in [6.07, 6.45) is 2.29. The van der Waals surface area contributed by atoms with Crippen molar-refractivity contribution < 1.29 is 9.72 Å². The monoisotopic (exact) mass is 274 g/mol. The molecule has 1 fully saturated rings. The van der Waals surface area contributed by atoms with Gasteiger partial charge in [-0.3, -0.25) is 14.9 Å². The van der Waals surface area contributed by atoms with Crippen molar-refractivity contribution in [3.05, 3.63) is 33.9 Å². The van der Waals surface area contributed by atoms with Crippen molar-refractivity contribution in [2.24, 2.45) is 11.7 Å². The molecule has 0 aromatic heterocycles. The maximum absolute atomic E-state index is 11.3. The number of nitro benzene ring substituents is 1. The highest BCUT2D eigenvalue weighted by atomic mass is 16.6. The molecule has 7 nitrogen and oxygen atoms in total. The second-order valence-electron chi connectivity index (χ2n) is 4.79. The maximum Gasteiger partial charge on any atom is 0.293 e. The summed E-state index contributed by atoms with van der Waals surface area (Å²) >= 11 is 0. The Morgan fingerprint density at radius 2 is 2.25 bits per heavy atom. The van der Waals surface area contributed by atoms with Gasteiger partial charge in [0.25, 0.3) is 5.69 Å². The minimum absolute atomic E-state index is 0.167. The summed E-state index contributed by atoms with van der Waals surface area (Å²) < 4.78 is 0. The van der Waals surface area contributed by atoms with Crippen molar-refractivity contribution >= 4 is 17.3 Å². The number of nitriles is 1. The predicted octanol–water partition coefficient (Wildman–Crippen LogP) is 1.53. The van der Waals surface area contributed by atoms with Gasteiger partial charge < -0.3 is 11.1 Å². The van der Waals surface area contributed by atoms with Crippen molar-refractivity contribution in [1.82, 2.24) is 0 Å². The van der Waals surface area contributed by atoms with Gasteiger partial charge in [-0.15, -0.1) is 0 Å². The number of anilines is 1. The zero-order valence-corrected chi connectivity index (χ0v) is 10.7. The van der Waals surface area contributed by atoms with Crippen LogP contribution in [-0.2, 0) is 4.79 Å². The van der Waals surface area contributed by atoms with Gasteiger partial charge in [0.15, 0.2) is 0 Å². The lowest BCUT2D eigenvalue weighted by Gasteiger charge is -2.19. The second kappa shape index (κ2) is 5.57. The van der Waals surface area contributed by atoms with Crippen LogP contribution < -0.4 is 11.1 Å². The summed E-state index contributed by atoms with van der Waals surface area (Å²) in [4.78, 5) is 21.8. The van der Waals surface area contributed by atoms with Crippen LogP contribution in [0, 0.1) is 27.4 Å². The molecule has 104 valence electrons. The zero-order valence-electron chi connectivity index (χ0n) is 10.7. The number of nitro groups is 1. The van der Waals surface area contributed by atoms with Crippen molar-refractivity contribution in [2.75, 3.05) is 5.32 Å². The Morgan fingerprint density at radius 3 is 2.85 bits per heavy atom. The molecule has 0 aliphatic heterocycles. The molecule has 0 unspecified atom stereocenters. The first kappa shape index (κ1) is 13.8. The Kier molecular flexibility index (Phi) is 3.84. The van der Waals surface area contributed by atoms with Gasteiger partial charge in [0.05, 0.1) is 22.5 Å². The zero-order chi connectivity index (χ0) is 14.7. The molecule has 1 aromatic rings. The molecule has 0 saturated heterocycles. The molecule has 1 aliphatic carbocycles. The number of primary amides is 1. The number of nitrogens with zero attached hydrogens (tertiary/aromatic N) is 2. The summed E-state index contributed by atoms with van der Waals surface area (Å²) in [6, 6.07) is 5.88. The molecule has 1 aliphatic rings. The van der Waals surface area contributed by atoms with Crippen LogP contribution in [0.15, 0.2) is 18.2 Å². The van der Waals surface area contributed by atoms with E-state index in [2.05, 4.69) is 5.32 Å². The van der Waals surface area contributed by atoms with Crippen molar-refractivity contribution in [2.45, 2.75) is 25.3 Å². The number of benzene rings is 1. The first-order valence-electron chi connectivity index (χ1n) is 6.27. The first-order chi connectivity index (χ1) is 9.52. The van der Waals surface area contributed by atoms with Crippen molar-refractivity contribution in [1.29, 1.82) is 5.26 Å². The molecule has 1 saturated carbocycles. The summed E-state index contributed by atoms with van der Waals surface area (Å²) in [6.45, 7) is 0. The lowest BCUT2D eigenvalue weighted by Crippen LogP contribution is -2.34. The number of nitrogens with two attached hydrogens (primary N) is 1. The number of amides is 1. The summed E-state index contributed by atoms with van der Waals surface area (Å²) in [5.41, 5.74) is 5.70. The molecule has 7 heteroatoms. The quantitative estimate of drug-likeness (QED) is 0.636. The lowest BCUT2D eigenvalue weighted by molar-refractivity contribution is -0.384. The molecule has 0 spiro atoms. The predicted molar refractivity (Wildman–Crippen MR) is 71.8 cm³/mol. The number of hydrogen-bond donors (Lipinski definition) is 2. The fourth-order valence-corrected chi connectivity index (χ4v) is 2.55. The molecule has 2 atom stereocenters. The molecule has 1 amide bonds. The minimum Gasteiger partial charge on any atom is -0.376 e. The van der Waals surface area contributed by atoms with Gasteiger partial charge >= 0.3 is 0 Å². The van der Waals surface area contributed by atoms with Crippen molar-refractivity contribution in [3.63, 3.8) is 0 Å². The van der Waals surface area contributed by atoms with E-state index < -0.39 is 10.8 Å². The first-order valence-corrected chi connectivity index (χ1v) is 6.27. The molecular weight excluding hydrogens is 260 g/mol. The molecule has 1 aromatic carbocycles. The second-order valence-corrected chi connectivity index (χ2v) is 4.79. The summed E-state index contributed by atoms with van der Waals surface area (Å²) in [5, 5.41) is 22.8. The third-order valence-corrected chi connectivity index (χ3v) is 3.55. The van der Waals surface area contributed by atoms with Crippen LogP contribution in [0.5, 0.6) is 0 Å². The summed E-state index contributed by atoms with van der Waals surface area (Å²) in [5.74, 6) is -0.707. The molecule has 0 bridgehead atoms. The minimum atomic E-state index is -0.544. The number of hydrogen-bond acceptors (Lipinski definition) is 5. The van der Waals surface area contributed by atoms with Gasteiger partial charge in [-0.05, 0) is 25.0 Å². The Hall–Kier alpha value is -2.62. The standard InChI is InChI=1S/C13H14N4O3/c14-7-8-4-5-11(12(6-8)17(19)20)16-10-3-1-2-9(10)13(15)18/h4-6,9-10,16H,1-3H2,(H2,15,18)/t9-,10-/m0/s1. The van der Waals surface area contributed by atoms with Crippen LogP contribution in [0.2, 0.25) is 0 Å². The largest absolute Gasteiger partial charge is 0.376 e. The molecule has 20 heavy (non-hydrogen) atoms. The highest BCUT2D eigenvalue weighted by molar-refractivity contribution is 5.78. The van der Waals surface area contributed by atoms with Crippen LogP contribution in [0.25, 0.3) is 0 Å². The van der Waals surface area contributed by atoms with Crippen LogP contribution in [0.1, 0.15) is 24.8 Å². The Labute approximate surface area is 115 Å². The van der Waals surface area contributed by atoms with E-state index in [1.54, 1.807) is 0 Å². The number of carbonyl (C=O) groups is 1. The number of nitrogens with one attached hydrogen (secondary N) is 1. The number of rotatable bonds is 4. The van der Waals surface area contributed by atoms with Gasteiger partial charge in [0, 0.05) is 12.1 Å². The van der Waals surface area contributed by atoms with E-state index in [0.29, 0.717) is 12.1 Å². The van der Waals surface area contributed by atoms with Gasteiger partial charge in [-0.2, -0.15) is 5.26 Å².